The van der Waals surface area contributed by atoms with Crippen molar-refractivity contribution in [3.63, 3.8) is 0 Å². The highest BCUT2D eigenvalue weighted by Gasteiger charge is 2.29. The lowest BCUT2D eigenvalue weighted by Gasteiger charge is -2.11. The number of ether oxygens (including phenoxy) is 1. The summed E-state index contributed by atoms with van der Waals surface area (Å²) in [6.45, 7) is 2.15. The normalized spacial score (nSPS) is 11.8. The van der Waals surface area contributed by atoms with Gasteiger partial charge in [-0.05, 0) is 25.5 Å². The minimum Gasteiger partial charge on any atom is -0.476 e. The molecule has 0 aromatic carbocycles. The second-order valence-corrected chi connectivity index (χ2v) is 6.04. The van der Waals surface area contributed by atoms with Gasteiger partial charge >= 0.3 is 12.1 Å². The molecule has 0 saturated heterocycles. The van der Waals surface area contributed by atoms with Crippen molar-refractivity contribution in [2.45, 2.75) is 33.0 Å². The van der Waals surface area contributed by atoms with Crippen molar-refractivity contribution >= 4 is 16.9 Å². The minimum atomic E-state index is -4.46. The molecule has 0 aliphatic rings. The number of alkyl halides is 3. The Kier molecular flexibility index (Phi) is 5.16. The lowest BCUT2D eigenvalue weighted by atomic mass is 10.1. The van der Waals surface area contributed by atoms with E-state index in [9.17, 15) is 23.1 Å². The third-order valence-electron chi connectivity index (χ3n) is 3.97. The van der Waals surface area contributed by atoms with Gasteiger partial charge in [0.05, 0.1) is 23.1 Å². The Morgan fingerprint density at radius 1 is 1.32 bits per heavy atom. The summed E-state index contributed by atoms with van der Waals surface area (Å²) in [5, 5.41) is 21.8. The number of aromatic nitrogens is 5. The van der Waals surface area contributed by atoms with Gasteiger partial charge < -0.3 is 9.84 Å². The fourth-order valence-electron chi connectivity index (χ4n) is 2.84. The molecule has 0 fully saturated rings. The lowest BCUT2D eigenvalue weighted by molar-refractivity contribution is -0.154. The molecule has 0 saturated carbocycles. The largest absolute Gasteiger partial charge is 0.476 e. The van der Waals surface area contributed by atoms with Crippen LogP contribution in [0.15, 0.2) is 18.3 Å². The van der Waals surface area contributed by atoms with Gasteiger partial charge in [0.15, 0.2) is 12.3 Å². The molecule has 0 bridgehead atoms. The number of carboxylic acid groups (broad SMARTS) is 1. The van der Waals surface area contributed by atoms with Crippen LogP contribution in [0.4, 0.5) is 13.2 Å². The number of pyridine rings is 1. The summed E-state index contributed by atoms with van der Waals surface area (Å²) < 4.78 is 43.1. The highest BCUT2D eigenvalue weighted by molar-refractivity contribution is 6.01. The molecule has 0 radical (unpaired) electrons. The molecular weight excluding hydrogens is 379 g/mol. The molecule has 0 spiro atoms. The monoisotopic (exact) mass is 395 g/mol. The van der Waals surface area contributed by atoms with Crippen LogP contribution in [0, 0.1) is 6.92 Å². The molecule has 0 amide bonds. The van der Waals surface area contributed by atoms with Gasteiger partial charge in [0.25, 0.3) is 0 Å². The summed E-state index contributed by atoms with van der Waals surface area (Å²) in [5.41, 5.74) is 1.91. The van der Waals surface area contributed by atoms with Crippen LogP contribution in [0.25, 0.3) is 10.9 Å². The lowest BCUT2D eigenvalue weighted by Crippen LogP contribution is -2.20. The molecule has 11 heteroatoms. The van der Waals surface area contributed by atoms with Crippen LogP contribution in [-0.4, -0.2) is 48.8 Å². The van der Waals surface area contributed by atoms with E-state index in [4.69, 9.17) is 0 Å². The van der Waals surface area contributed by atoms with Gasteiger partial charge in [-0.3, -0.25) is 4.68 Å². The minimum absolute atomic E-state index is 0.0845. The molecule has 3 heterocycles. The maximum Gasteiger partial charge on any atom is 0.422 e. The standard InChI is InChI=1S/C17H16F3N5O3/c1-3-12-13-11(4-5-21-14(13)16(26)27)24-25(12)7-10-6-9(2)15(23-22-10)28-8-17(18,19)20/h4-6H,3,7-8H2,1-2H3,(H,26,27). The highest BCUT2D eigenvalue weighted by Crippen LogP contribution is 2.24. The van der Waals surface area contributed by atoms with Crippen LogP contribution >= 0.6 is 0 Å². The Labute approximate surface area is 157 Å². The zero-order chi connectivity index (χ0) is 20.5. The molecule has 3 rings (SSSR count). The van der Waals surface area contributed by atoms with Gasteiger partial charge in [-0.25, -0.2) is 9.78 Å². The molecule has 8 nitrogen and oxygen atoms in total. The first-order valence-corrected chi connectivity index (χ1v) is 8.30. The number of carbonyl (C=O) groups is 1. The van der Waals surface area contributed by atoms with Gasteiger partial charge in [-0.2, -0.15) is 18.3 Å². The summed E-state index contributed by atoms with van der Waals surface area (Å²) in [6.07, 6.45) is -2.59. The van der Waals surface area contributed by atoms with E-state index in [0.29, 0.717) is 34.3 Å². The SMILES string of the molecule is CCc1c2c(C(=O)O)nccc2nn1Cc1cc(C)c(OCC(F)(F)F)nn1. The number of hydrogen-bond acceptors (Lipinski definition) is 6. The van der Waals surface area contributed by atoms with E-state index >= 15 is 0 Å². The van der Waals surface area contributed by atoms with E-state index < -0.39 is 18.8 Å². The van der Waals surface area contributed by atoms with Crippen LogP contribution in [0.3, 0.4) is 0 Å². The average molecular weight is 395 g/mol. The van der Waals surface area contributed by atoms with E-state index in [2.05, 4.69) is 25.0 Å². The number of aryl methyl sites for hydroxylation is 2. The van der Waals surface area contributed by atoms with Crippen molar-refractivity contribution in [3.8, 4) is 5.88 Å². The predicted octanol–water partition coefficient (Wildman–Crippen LogP) is 2.78. The van der Waals surface area contributed by atoms with Gasteiger partial charge in [0, 0.05) is 17.5 Å². The summed E-state index contributed by atoms with van der Waals surface area (Å²) in [4.78, 5) is 15.4. The van der Waals surface area contributed by atoms with Gasteiger partial charge in [0.1, 0.15) is 0 Å². The molecule has 0 atom stereocenters. The molecule has 1 N–H and O–H groups in total. The van der Waals surface area contributed by atoms with Gasteiger partial charge in [0.2, 0.25) is 5.88 Å². The maximum absolute atomic E-state index is 12.3. The third-order valence-corrected chi connectivity index (χ3v) is 3.97. The average Bonchev–Trinajstić information content (AvgIpc) is 2.96. The van der Waals surface area contributed by atoms with Crippen LogP contribution < -0.4 is 4.74 Å². The summed E-state index contributed by atoms with van der Waals surface area (Å²) >= 11 is 0. The van der Waals surface area contributed by atoms with E-state index in [1.165, 1.54) is 6.20 Å². The van der Waals surface area contributed by atoms with E-state index in [0.717, 1.165) is 0 Å². The molecule has 0 unspecified atom stereocenters. The zero-order valence-electron chi connectivity index (χ0n) is 15.0. The maximum atomic E-state index is 12.3. The Morgan fingerprint density at radius 2 is 2.07 bits per heavy atom. The second kappa shape index (κ2) is 7.41. The summed E-state index contributed by atoms with van der Waals surface area (Å²) in [6, 6.07) is 3.17. The van der Waals surface area contributed by atoms with Crippen molar-refractivity contribution < 1.29 is 27.8 Å². The van der Waals surface area contributed by atoms with E-state index in [1.54, 1.807) is 23.7 Å². The number of hydrogen-bond donors (Lipinski definition) is 1. The van der Waals surface area contributed by atoms with Crippen molar-refractivity contribution in [2.75, 3.05) is 6.61 Å². The first-order chi connectivity index (χ1) is 13.2. The second-order valence-electron chi connectivity index (χ2n) is 6.04. The van der Waals surface area contributed by atoms with Crippen LogP contribution in [-0.2, 0) is 13.0 Å². The van der Waals surface area contributed by atoms with E-state index in [1.807, 2.05) is 6.92 Å². The number of fused-ring (bicyclic) bond motifs is 1. The molecule has 0 aliphatic carbocycles. The van der Waals surface area contributed by atoms with Crippen molar-refractivity contribution in [2.24, 2.45) is 0 Å². The quantitative estimate of drug-likeness (QED) is 0.684. The molecule has 0 aliphatic heterocycles. The first-order valence-electron chi connectivity index (χ1n) is 8.30. The van der Waals surface area contributed by atoms with Gasteiger partial charge in [-0.1, -0.05) is 6.92 Å². The number of halogens is 3. The van der Waals surface area contributed by atoms with Crippen LogP contribution in [0.5, 0.6) is 5.88 Å². The van der Waals surface area contributed by atoms with Crippen LogP contribution in [0.2, 0.25) is 0 Å². The topological polar surface area (TPSA) is 103 Å². The van der Waals surface area contributed by atoms with Crippen molar-refractivity contribution in [3.05, 3.63) is 41.0 Å². The van der Waals surface area contributed by atoms with Crippen molar-refractivity contribution in [1.82, 2.24) is 25.0 Å². The Bertz CT molecular complexity index is 1030. The molecule has 28 heavy (non-hydrogen) atoms. The number of nitrogens with zero attached hydrogens (tertiary/aromatic N) is 5. The van der Waals surface area contributed by atoms with Gasteiger partial charge in [-0.15, -0.1) is 10.2 Å². The molecule has 3 aromatic rings. The highest BCUT2D eigenvalue weighted by atomic mass is 19.4. The number of rotatable bonds is 6. The third kappa shape index (κ3) is 4.02. The summed E-state index contributed by atoms with van der Waals surface area (Å²) in [5.74, 6) is -1.35. The smallest absolute Gasteiger partial charge is 0.422 e. The number of carboxylic acids is 1. The van der Waals surface area contributed by atoms with E-state index in [-0.39, 0.29) is 18.1 Å². The molecule has 3 aromatic heterocycles. The Balaban J connectivity index is 1.92. The molecular formula is C17H16F3N5O3. The first kappa shape index (κ1) is 19.5. The van der Waals surface area contributed by atoms with Crippen LogP contribution in [0.1, 0.15) is 34.4 Å². The Hall–Kier alpha value is -3.24. The molecule has 148 valence electrons. The Morgan fingerprint density at radius 3 is 2.68 bits per heavy atom. The van der Waals surface area contributed by atoms with Crippen molar-refractivity contribution in [1.29, 1.82) is 0 Å². The zero-order valence-corrected chi connectivity index (χ0v) is 15.0. The summed E-state index contributed by atoms with van der Waals surface area (Å²) in [7, 11) is 0. The predicted molar refractivity (Wildman–Crippen MR) is 91.3 cm³/mol. The fourth-order valence-corrected chi connectivity index (χ4v) is 2.84. The number of aromatic carboxylic acids is 1. The fraction of sp³-hybridized carbons (Fsp3) is 0.353.